The molecule has 3 heterocycles. The predicted molar refractivity (Wildman–Crippen MR) is 77.7 cm³/mol. The van der Waals surface area contributed by atoms with Gasteiger partial charge in [0.2, 0.25) is 5.91 Å². The Morgan fingerprint density at radius 2 is 2.00 bits per heavy atom. The molecule has 2 aromatic heterocycles. The van der Waals surface area contributed by atoms with Gasteiger partial charge >= 0.3 is 0 Å². The Morgan fingerprint density at radius 1 is 1.32 bits per heavy atom. The van der Waals surface area contributed by atoms with Gasteiger partial charge in [-0.15, -0.1) is 0 Å². The highest BCUT2D eigenvalue weighted by Gasteiger charge is 2.29. The normalized spacial score (nSPS) is 16.2. The number of carbonyl (C=O) groups is 2. The lowest BCUT2D eigenvalue weighted by Gasteiger charge is -2.30. The van der Waals surface area contributed by atoms with Gasteiger partial charge in [-0.3, -0.25) is 14.0 Å². The first-order valence-corrected chi connectivity index (χ1v) is 7.20. The lowest BCUT2D eigenvalue weighted by Crippen LogP contribution is -2.42. The first-order valence-electron chi connectivity index (χ1n) is 7.20. The number of pyridine rings is 1. The van der Waals surface area contributed by atoms with Gasteiger partial charge in [0.1, 0.15) is 17.2 Å². The van der Waals surface area contributed by atoms with Gasteiger partial charge < -0.3 is 10.6 Å². The summed E-state index contributed by atoms with van der Waals surface area (Å²) >= 11 is 0. The smallest absolute Gasteiger partial charge is 0.272 e. The number of carbonyl (C=O) groups excluding carboxylic acids is 2. The average molecular weight is 304 g/mol. The molecule has 0 spiro atoms. The number of fused-ring (bicyclic) bond motifs is 1. The molecule has 7 heteroatoms. The van der Waals surface area contributed by atoms with E-state index in [4.69, 9.17) is 5.73 Å². The molecule has 2 amide bonds. The molecule has 22 heavy (non-hydrogen) atoms. The fourth-order valence-corrected chi connectivity index (χ4v) is 2.91. The Bertz CT molecular complexity index is 747. The molecule has 1 saturated heterocycles. The molecule has 2 aromatic rings. The number of imidazole rings is 1. The quantitative estimate of drug-likeness (QED) is 0.902. The molecule has 0 aliphatic carbocycles. The number of hydrogen-bond acceptors (Lipinski definition) is 3. The fraction of sp³-hybridized carbons (Fsp3) is 0.400. The van der Waals surface area contributed by atoms with Crippen molar-refractivity contribution in [2.75, 3.05) is 13.1 Å². The van der Waals surface area contributed by atoms with E-state index in [2.05, 4.69) is 4.98 Å². The van der Waals surface area contributed by atoms with Crippen LogP contribution in [0.15, 0.2) is 18.3 Å². The van der Waals surface area contributed by atoms with Crippen LogP contribution in [0.5, 0.6) is 0 Å². The molecule has 0 unspecified atom stereocenters. The standard InChI is InChI=1S/C15H17FN4O2/c1-9-13(20-8-11(16)2-3-12(20)18-9)15(22)19-6-4-10(5-7-19)14(17)21/h2-3,8,10H,4-7H2,1H3,(H2,17,21). The second-order valence-corrected chi connectivity index (χ2v) is 5.59. The van der Waals surface area contributed by atoms with E-state index < -0.39 is 5.82 Å². The van der Waals surface area contributed by atoms with Crippen LogP contribution in [0.1, 0.15) is 29.0 Å². The van der Waals surface area contributed by atoms with Crippen molar-refractivity contribution in [3.05, 3.63) is 35.5 Å². The van der Waals surface area contributed by atoms with Crippen molar-refractivity contribution in [2.24, 2.45) is 11.7 Å². The van der Waals surface area contributed by atoms with E-state index in [1.165, 1.54) is 16.7 Å². The number of aromatic nitrogens is 2. The number of nitrogens with two attached hydrogens (primary N) is 1. The van der Waals surface area contributed by atoms with Crippen molar-refractivity contribution in [3.8, 4) is 0 Å². The third-order valence-corrected chi connectivity index (χ3v) is 4.14. The van der Waals surface area contributed by atoms with E-state index in [0.29, 0.717) is 43.0 Å². The summed E-state index contributed by atoms with van der Waals surface area (Å²) in [5.41, 5.74) is 6.77. The zero-order valence-corrected chi connectivity index (χ0v) is 12.3. The largest absolute Gasteiger partial charge is 0.369 e. The van der Waals surface area contributed by atoms with Crippen LogP contribution in [-0.4, -0.2) is 39.2 Å². The maximum atomic E-state index is 13.4. The highest BCUT2D eigenvalue weighted by Crippen LogP contribution is 2.21. The first-order chi connectivity index (χ1) is 10.5. The first kappa shape index (κ1) is 14.5. The van der Waals surface area contributed by atoms with E-state index in [-0.39, 0.29) is 17.7 Å². The number of likely N-dealkylation sites (tertiary alicyclic amines) is 1. The maximum absolute atomic E-state index is 13.4. The van der Waals surface area contributed by atoms with Gasteiger partial charge in [-0.2, -0.15) is 0 Å². The Balaban J connectivity index is 1.88. The molecule has 0 saturated carbocycles. The number of primary amides is 1. The molecule has 1 fully saturated rings. The molecule has 1 aliphatic rings. The summed E-state index contributed by atoms with van der Waals surface area (Å²) in [5.74, 6) is -1.12. The Morgan fingerprint density at radius 3 is 2.64 bits per heavy atom. The Labute approximate surface area is 126 Å². The monoisotopic (exact) mass is 304 g/mol. The number of aryl methyl sites for hydroxylation is 1. The highest BCUT2D eigenvalue weighted by molar-refractivity contribution is 5.95. The van der Waals surface area contributed by atoms with E-state index in [0.717, 1.165) is 0 Å². The van der Waals surface area contributed by atoms with Crippen LogP contribution in [0, 0.1) is 18.7 Å². The van der Waals surface area contributed by atoms with Crippen LogP contribution < -0.4 is 5.73 Å². The highest BCUT2D eigenvalue weighted by atomic mass is 19.1. The zero-order valence-electron chi connectivity index (χ0n) is 12.3. The second-order valence-electron chi connectivity index (χ2n) is 5.59. The van der Waals surface area contributed by atoms with E-state index >= 15 is 0 Å². The van der Waals surface area contributed by atoms with E-state index in [1.807, 2.05) is 0 Å². The summed E-state index contributed by atoms with van der Waals surface area (Å²) in [6, 6.07) is 2.85. The minimum Gasteiger partial charge on any atom is -0.369 e. The summed E-state index contributed by atoms with van der Waals surface area (Å²) < 4.78 is 14.9. The van der Waals surface area contributed by atoms with Crippen LogP contribution in [0.3, 0.4) is 0 Å². The van der Waals surface area contributed by atoms with Crippen LogP contribution >= 0.6 is 0 Å². The third-order valence-electron chi connectivity index (χ3n) is 4.14. The van der Waals surface area contributed by atoms with Crippen molar-refractivity contribution in [1.29, 1.82) is 0 Å². The molecule has 0 atom stereocenters. The molecular formula is C15H17FN4O2. The van der Waals surface area contributed by atoms with E-state index in [1.54, 1.807) is 17.9 Å². The number of halogens is 1. The molecule has 2 N–H and O–H groups in total. The molecule has 116 valence electrons. The van der Waals surface area contributed by atoms with Crippen molar-refractivity contribution >= 4 is 17.5 Å². The van der Waals surface area contributed by atoms with Gasteiger partial charge in [0.05, 0.1) is 5.69 Å². The van der Waals surface area contributed by atoms with E-state index in [9.17, 15) is 14.0 Å². The average Bonchev–Trinajstić information content (AvgIpc) is 2.82. The number of amides is 2. The fourth-order valence-electron chi connectivity index (χ4n) is 2.91. The van der Waals surface area contributed by atoms with Crippen molar-refractivity contribution in [2.45, 2.75) is 19.8 Å². The number of hydrogen-bond donors (Lipinski definition) is 1. The van der Waals surface area contributed by atoms with Crippen LogP contribution in [0.4, 0.5) is 4.39 Å². The lowest BCUT2D eigenvalue weighted by atomic mass is 9.96. The minimum atomic E-state index is -0.425. The second kappa shape index (κ2) is 5.40. The molecule has 0 bridgehead atoms. The van der Waals surface area contributed by atoms with Gasteiger partial charge in [0.25, 0.3) is 5.91 Å². The topological polar surface area (TPSA) is 80.7 Å². The molecule has 1 aliphatic heterocycles. The summed E-state index contributed by atoms with van der Waals surface area (Å²) in [6.07, 6.45) is 2.38. The number of rotatable bonds is 2. The van der Waals surface area contributed by atoms with Gasteiger partial charge in [0, 0.05) is 25.2 Å². The third kappa shape index (κ3) is 2.43. The van der Waals surface area contributed by atoms with Gasteiger partial charge in [-0.25, -0.2) is 9.37 Å². The molecular weight excluding hydrogens is 287 g/mol. The Kier molecular flexibility index (Phi) is 3.56. The zero-order chi connectivity index (χ0) is 15.9. The summed E-state index contributed by atoms with van der Waals surface area (Å²) in [4.78, 5) is 29.9. The van der Waals surface area contributed by atoms with Gasteiger partial charge in [-0.05, 0) is 31.9 Å². The lowest BCUT2D eigenvalue weighted by molar-refractivity contribution is -0.123. The maximum Gasteiger partial charge on any atom is 0.272 e. The van der Waals surface area contributed by atoms with Crippen LogP contribution in [0.25, 0.3) is 5.65 Å². The predicted octanol–water partition coefficient (Wildman–Crippen LogP) is 1.12. The molecule has 3 rings (SSSR count). The number of nitrogens with zero attached hydrogens (tertiary/aromatic N) is 3. The molecule has 0 radical (unpaired) electrons. The summed E-state index contributed by atoms with van der Waals surface area (Å²) in [5, 5.41) is 0. The molecule has 0 aromatic carbocycles. The summed E-state index contributed by atoms with van der Waals surface area (Å²) in [6.45, 7) is 2.66. The van der Waals surface area contributed by atoms with Crippen LogP contribution in [-0.2, 0) is 4.79 Å². The van der Waals surface area contributed by atoms with Gasteiger partial charge in [-0.1, -0.05) is 0 Å². The minimum absolute atomic E-state index is 0.176. The van der Waals surface area contributed by atoms with Crippen molar-refractivity contribution in [1.82, 2.24) is 14.3 Å². The number of piperidine rings is 1. The summed E-state index contributed by atoms with van der Waals surface area (Å²) in [7, 11) is 0. The van der Waals surface area contributed by atoms with Crippen molar-refractivity contribution in [3.63, 3.8) is 0 Å². The SMILES string of the molecule is Cc1nc2ccc(F)cn2c1C(=O)N1CCC(C(N)=O)CC1. The van der Waals surface area contributed by atoms with Crippen molar-refractivity contribution < 1.29 is 14.0 Å². The van der Waals surface area contributed by atoms with Crippen LogP contribution in [0.2, 0.25) is 0 Å². The van der Waals surface area contributed by atoms with Gasteiger partial charge in [0.15, 0.2) is 0 Å². The Hall–Kier alpha value is -2.44. The molecule has 6 nitrogen and oxygen atoms in total.